The van der Waals surface area contributed by atoms with Crippen LogP contribution in [-0.2, 0) is 19.4 Å². The molecule has 0 saturated carbocycles. The highest BCUT2D eigenvalue weighted by atomic mass is 16.4. The molecule has 0 unspecified atom stereocenters. The summed E-state index contributed by atoms with van der Waals surface area (Å²) in [5, 5.41) is 14.2. The molecule has 6 nitrogen and oxygen atoms in total. The molecule has 1 aromatic carbocycles. The largest absolute Gasteiger partial charge is 0.478 e. The minimum Gasteiger partial charge on any atom is -0.478 e. The van der Waals surface area contributed by atoms with Gasteiger partial charge in [-0.05, 0) is 36.1 Å². The molecule has 1 N–H and O–H groups in total. The van der Waals surface area contributed by atoms with E-state index in [4.69, 9.17) is 10.1 Å². The molecular weight excluding hydrogens is 364 g/mol. The zero-order valence-corrected chi connectivity index (χ0v) is 17.1. The van der Waals surface area contributed by atoms with Crippen molar-refractivity contribution in [3.63, 3.8) is 0 Å². The third kappa shape index (κ3) is 5.28. The monoisotopic (exact) mass is 392 g/mol. The van der Waals surface area contributed by atoms with Crippen molar-refractivity contribution in [2.75, 3.05) is 0 Å². The van der Waals surface area contributed by atoms with E-state index in [0.717, 1.165) is 48.5 Å². The maximum Gasteiger partial charge on any atom is 0.336 e. The summed E-state index contributed by atoms with van der Waals surface area (Å²) in [6.07, 6.45) is 9.78. The van der Waals surface area contributed by atoms with Gasteiger partial charge in [-0.1, -0.05) is 44.9 Å². The number of carboxylic acid groups (broad SMARTS) is 1. The number of aryl methyl sites for hydroxylation is 2. The molecule has 0 atom stereocenters. The van der Waals surface area contributed by atoms with Gasteiger partial charge in [0.05, 0.1) is 12.1 Å². The van der Waals surface area contributed by atoms with Gasteiger partial charge >= 0.3 is 5.97 Å². The first-order chi connectivity index (χ1) is 14.1. The number of nitrogens with zero attached hydrogens (tertiary/aromatic N) is 4. The lowest BCUT2D eigenvalue weighted by atomic mass is 10.00. The van der Waals surface area contributed by atoms with Gasteiger partial charge in [-0.3, -0.25) is 4.98 Å². The van der Waals surface area contributed by atoms with Gasteiger partial charge in [-0.2, -0.15) is 5.10 Å². The first kappa shape index (κ1) is 20.7. The highest BCUT2D eigenvalue weighted by molar-refractivity contribution is 5.95. The summed E-state index contributed by atoms with van der Waals surface area (Å²) in [7, 11) is 0. The van der Waals surface area contributed by atoms with Gasteiger partial charge in [0.2, 0.25) is 0 Å². The SMILES string of the molecule is CCCCCc1nc(CCC)n(Cc2cncc(-c3ccccc3C(=O)O)c2)n1. The van der Waals surface area contributed by atoms with E-state index in [1.807, 2.05) is 22.9 Å². The van der Waals surface area contributed by atoms with Gasteiger partial charge in [-0.15, -0.1) is 0 Å². The average Bonchev–Trinajstić information content (AvgIpc) is 3.10. The molecule has 3 rings (SSSR count). The molecule has 3 aromatic rings. The number of benzene rings is 1. The lowest BCUT2D eigenvalue weighted by molar-refractivity contribution is 0.0697. The fourth-order valence-electron chi connectivity index (χ4n) is 3.42. The molecule has 2 heterocycles. The van der Waals surface area contributed by atoms with E-state index in [-0.39, 0.29) is 5.56 Å². The number of hydrogen-bond acceptors (Lipinski definition) is 4. The summed E-state index contributed by atoms with van der Waals surface area (Å²) in [5.74, 6) is 0.960. The van der Waals surface area contributed by atoms with Crippen LogP contribution in [0.25, 0.3) is 11.1 Å². The zero-order chi connectivity index (χ0) is 20.6. The van der Waals surface area contributed by atoms with Crippen molar-refractivity contribution >= 4 is 5.97 Å². The summed E-state index contributed by atoms with van der Waals surface area (Å²) < 4.78 is 1.97. The van der Waals surface area contributed by atoms with E-state index in [9.17, 15) is 9.90 Å². The van der Waals surface area contributed by atoms with Crippen LogP contribution in [0.1, 0.15) is 67.1 Å². The van der Waals surface area contributed by atoms with Crippen molar-refractivity contribution in [3.05, 3.63) is 65.5 Å². The van der Waals surface area contributed by atoms with Crippen molar-refractivity contribution < 1.29 is 9.90 Å². The van der Waals surface area contributed by atoms with Crippen molar-refractivity contribution in [1.82, 2.24) is 19.7 Å². The Hall–Kier alpha value is -3.02. The molecule has 0 aliphatic carbocycles. The number of rotatable bonds is 10. The van der Waals surface area contributed by atoms with Crippen LogP contribution in [0, 0.1) is 0 Å². The minimum absolute atomic E-state index is 0.275. The van der Waals surface area contributed by atoms with Crippen LogP contribution in [0.15, 0.2) is 42.7 Å². The van der Waals surface area contributed by atoms with Crippen molar-refractivity contribution in [1.29, 1.82) is 0 Å². The molecule has 0 saturated heterocycles. The lowest BCUT2D eigenvalue weighted by Gasteiger charge is -2.09. The summed E-state index contributed by atoms with van der Waals surface area (Å²) in [4.78, 5) is 20.6. The molecule has 0 amide bonds. The molecule has 0 aliphatic rings. The van der Waals surface area contributed by atoms with Crippen LogP contribution in [-0.4, -0.2) is 30.8 Å². The molecule has 0 radical (unpaired) electrons. The predicted octanol–water partition coefficient (Wildman–Crippen LogP) is 4.77. The topological polar surface area (TPSA) is 80.9 Å². The lowest BCUT2D eigenvalue weighted by Crippen LogP contribution is -2.08. The smallest absolute Gasteiger partial charge is 0.336 e. The summed E-state index contributed by atoms with van der Waals surface area (Å²) in [5.41, 5.74) is 2.71. The average molecular weight is 393 g/mol. The molecule has 2 aromatic heterocycles. The van der Waals surface area contributed by atoms with Crippen LogP contribution in [0.2, 0.25) is 0 Å². The Morgan fingerprint density at radius 3 is 2.66 bits per heavy atom. The van der Waals surface area contributed by atoms with Crippen LogP contribution in [0.3, 0.4) is 0 Å². The molecule has 6 heteroatoms. The highest BCUT2D eigenvalue weighted by Gasteiger charge is 2.13. The van der Waals surface area contributed by atoms with Gasteiger partial charge in [0.1, 0.15) is 5.82 Å². The third-order valence-corrected chi connectivity index (χ3v) is 4.87. The van der Waals surface area contributed by atoms with Gasteiger partial charge < -0.3 is 5.11 Å². The summed E-state index contributed by atoms with van der Waals surface area (Å²) in [6.45, 7) is 4.91. The molecule has 0 spiro atoms. The number of hydrogen-bond donors (Lipinski definition) is 1. The van der Waals surface area contributed by atoms with Crippen LogP contribution in [0.5, 0.6) is 0 Å². The second kappa shape index (κ2) is 9.96. The minimum atomic E-state index is -0.941. The maximum atomic E-state index is 11.6. The van der Waals surface area contributed by atoms with Crippen molar-refractivity contribution in [3.8, 4) is 11.1 Å². The second-order valence-electron chi connectivity index (χ2n) is 7.24. The predicted molar refractivity (Wildman–Crippen MR) is 113 cm³/mol. The Balaban J connectivity index is 1.86. The standard InChI is InChI=1S/C23H28N4O2/c1-3-5-6-12-21-25-22(9-4-2)27(26-21)16-17-13-18(15-24-14-17)19-10-7-8-11-20(19)23(28)29/h7-8,10-11,13-15H,3-6,9,12,16H2,1-2H3,(H,28,29). The van der Waals surface area contributed by atoms with E-state index in [0.29, 0.717) is 12.1 Å². The van der Waals surface area contributed by atoms with Gasteiger partial charge in [-0.25, -0.2) is 14.5 Å². The van der Waals surface area contributed by atoms with Gasteiger partial charge in [0.25, 0.3) is 0 Å². The highest BCUT2D eigenvalue weighted by Crippen LogP contribution is 2.24. The fraction of sp³-hybridized carbons (Fsp3) is 0.391. The Bertz CT molecular complexity index is 965. The first-order valence-electron chi connectivity index (χ1n) is 10.3. The number of unbranched alkanes of at least 4 members (excludes halogenated alkanes) is 2. The Labute approximate surface area is 171 Å². The number of carboxylic acids is 1. The first-order valence-corrected chi connectivity index (χ1v) is 10.3. The number of aromatic carboxylic acids is 1. The van der Waals surface area contributed by atoms with E-state index in [1.165, 1.54) is 12.8 Å². The molecule has 152 valence electrons. The Kier molecular flexibility index (Phi) is 7.11. The number of aromatic nitrogens is 4. The van der Waals surface area contributed by atoms with E-state index in [1.54, 1.807) is 24.5 Å². The molecule has 0 aliphatic heterocycles. The Morgan fingerprint density at radius 1 is 1.07 bits per heavy atom. The second-order valence-corrected chi connectivity index (χ2v) is 7.24. The normalized spacial score (nSPS) is 11.0. The van der Waals surface area contributed by atoms with Crippen molar-refractivity contribution in [2.24, 2.45) is 0 Å². The van der Waals surface area contributed by atoms with E-state index < -0.39 is 5.97 Å². The Morgan fingerprint density at radius 2 is 1.90 bits per heavy atom. The van der Waals surface area contributed by atoms with Crippen LogP contribution in [0.4, 0.5) is 0 Å². The van der Waals surface area contributed by atoms with Crippen LogP contribution < -0.4 is 0 Å². The fourth-order valence-corrected chi connectivity index (χ4v) is 3.42. The number of carbonyl (C=O) groups is 1. The van der Waals surface area contributed by atoms with Gasteiger partial charge in [0, 0.05) is 30.8 Å². The van der Waals surface area contributed by atoms with Crippen molar-refractivity contribution in [2.45, 2.75) is 58.9 Å². The van der Waals surface area contributed by atoms with Gasteiger partial charge in [0.15, 0.2) is 5.82 Å². The molecule has 0 bridgehead atoms. The molecule has 0 fully saturated rings. The maximum absolute atomic E-state index is 11.6. The molecule has 29 heavy (non-hydrogen) atoms. The third-order valence-electron chi connectivity index (χ3n) is 4.87. The quantitative estimate of drug-likeness (QED) is 0.503. The number of pyridine rings is 1. The van der Waals surface area contributed by atoms with E-state index in [2.05, 4.69) is 18.8 Å². The molecular formula is C23H28N4O2. The summed E-state index contributed by atoms with van der Waals surface area (Å²) in [6, 6.07) is 8.99. The van der Waals surface area contributed by atoms with Crippen LogP contribution >= 0.6 is 0 Å². The summed E-state index contributed by atoms with van der Waals surface area (Å²) >= 11 is 0. The van der Waals surface area contributed by atoms with E-state index >= 15 is 0 Å². The zero-order valence-electron chi connectivity index (χ0n) is 17.1.